The van der Waals surface area contributed by atoms with Crippen LogP contribution < -0.4 is 9.47 Å². The van der Waals surface area contributed by atoms with E-state index in [0.29, 0.717) is 22.6 Å². The average Bonchev–Trinajstić information content (AvgIpc) is 3.17. The molecule has 0 bridgehead atoms. The number of aromatic nitrogens is 1. The Morgan fingerprint density at radius 2 is 2.14 bits per heavy atom. The summed E-state index contributed by atoms with van der Waals surface area (Å²) >= 11 is 0. The van der Waals surface area contributed by atoms with Crippen molar-refractivity contribution in [3.63, 3.8) is 0 Å². The standard InChI is InChI=1S/C22H19FN2O4/c1-14-4-2-5-15(19(14)23)13-25-21(26)29-18-12-16(28-20-24-10-11-27-20)6-7-17(18)22(25)8-3-9-22/h2,4-7,10-12H,3,8-9,13H2,1H3. The van der Waals surface area contributed by atoms with Crippen molar-refractivity contribution in [1.82, 2.24) is 9.88 Å². The Bertz CT molecular complexity index is 1080. The number of carbonyl (C=O) groups is 1. The summed E-state index contributed by atoms with van der Waals surface area (Å²) in [6, 6.07) is 10.6. The molecule has 2 aromatic carbocycles. The minimum atomic E-state index is -0.484. The van der Waals surface area contributed by atoms with Crippen LogP contribution in [0.15, 0.2) is 53.3 Å². The smallest absolute Gasteiger partial charge is 0.416 e. The maximum Gasteiger partial charge on any atom is 0.416 e. The molecule has 29 heavy (non-hydrogen) atoms. The number of aryl methyl sites for hydroxylation is 1. The van der Waals surface area contributed by atoms with Crippen LogP contribution in [0.1, 0.15) is 36.0 Å². The summed E-state index contributed by atoms with van der Waals surface area (Å²) < 4.78 is 30.8. The predicted molar refractivity (Wildman–Crippen MR) is 101 cm³/mol. The zero-order valence-electron chi connectivity index (χ0n) is 15.9. The maximum absolute atomic E-state index is 14.6. The Labute approximate surface area is 166 Å². The van der Waals surface area contributed by atoms with E-state index in [2.05, 4.69) is 4.98 Å². The van der Waals surface area contributed by atoms with Crippen LogP contribution in [0.5, 0.6) is 17.6 Å². The molecule has 0 atom stereocenters. The van der Waals surface area contributed by atoms with E-state index < -0.39 is 11.6 Å². The summed E-state index contributed by atoms with van der Waals surface area (Å²) in [5.41, 5.74) is 1.48. The number of carbonyl (C=O) groups excluding carboxylic acids is 1. The average molecular weight is 394 g/mol. The number of oxazole rings is 1. The van der Waals surface area contributed by atoms with Crippen molar-refractivity contribution in [2.75, 3.05) is 0 Å². The summed E-state index contributed by atoms with van der Waals surface area (Å²) in [7, 11) is 0. The first-order chi connectivity index (χ1) is 14.1. The zero-order chi connectivity index (χ0) is 20.0. The van der Waals surface area contributed by atoms with E-state index >= 15 is 0 Å². The Hall–Kier alpha value is -3.35. The summed E-state index contributed by atoms with van der Waals surface area (Å²) in [6.45, 7) is 1.89. The van der Waals surface area contributed by atoms with E-state index in [-0.39, 0.29) is 18.4 Å². The third-order valence-corrected chi connectivity index (χ3v) is 5.78. The SMILES string of the molecule is Cc1cccc(CN2C(=O)Oc3cc(Oc4ncco4)ccc3C23CCC3)c1F. The van der Waals surface area contributed by atoms with Gasteiger partial charge in [-0.1, -0.05) is 18.2 Å². The minimum absolute atomic E-state index is 0.113. The second-order valence-corrected chi connectivity index (χ2v) is 7.45. The van der Waals surface area contributed by atoms with E-state index in [1.807, 2.05) is 6.07 Å². The van der Waals surface area contributed by atoms with Gasteiger partial charge in [-0.3, -0.25) is 4.90 Å². The van der Waals surface area contributed by atoms with Crippen molar-refractivity contribution in [2.45, 2.75) is 38.3 Å². The number of nitrogens with zero attached hydrogens (tertiary/aromatic N) is 2. The van der Waals surface area contributed by atoms with Crippen LogP contribution in [0.3, 0.4) is 0 Å². The normalized spacial score (nSPS) is 16.9. The van der Waals surface area contributed by atoms with Crippen molar-refractivity contribution >= 4 is 6.09 Å². The van der Waals surface area contributed by atoms with Gasteiger partial charge in [0, 0.05) is 17.2 Å². The van der Waals surface area contributed by atoms with Gasteiger partial charge in [0.1, 0.15) is 23.6 Å². The third-order valence-electron chi connectivity index (χ3n) is 5.78. The number of rotatable bonds is 4. The Kier molecular flexibility index (Phi) is 4.04. The first-order valence-electron chi connectivity index (χ1n) is 9.52. The van der Waals surface area contributed by atoms with E-state index in [1.54, 1.807) is 42.2 Å². The van der Waals surface area contributed by atoms with Gasteiger partial charge in [0.25, 0.3) is 0 Å². The molecule has 1 aliphatic carbocycles. The number of fused-ring (bicyclic) bond motifs is 2. The maximum atomic E-state index is 14.6. The number of ether oxygens (including phenoxy) is 2. The van der Waals surface area contributed by atoms with Gasteiger partial charge in [0.15, 0.2) is 0 Å². The summed E-state index contributed by atoms with van der Waals surface area (Å²) in [5.74, 6) is 0.640. The lowest BCUT2D eigenvalue weighted by atomic mass is 9.69. The van der Waals surface area contributed by atoms with Crippen LogP contribution in [-0.2, 0) is 12.1 Å². The van der Waals surface area contributed by atoms with Gasteiger partial charge in [-0.05, 0) is 43.9 Å². The van der Waals surface area contributed by atoms with Crippen molar-refractivity contribution in [1.29, 1.82) is 0 Å². The molecule has 1 aromatic heterocycles. The van der Waals surface area contributed by atoms with Crippen LogP contribution >= 0.6 is 0 Å². The van der Waals surface area contributed by atoms with Gasteiger partial charge in [0.05, 0.1) is 18.3 Å². The van der Waals surface area contributed by atoms with Gasteiger partial charge in [-0.15, -0.1) is 0 Å². The van der Waals surface area contributed by atoms with Crippen LogP contribution in [-0.4, -0.2) is 16.0 Å². The first kappa shape index (κ1) is 17.7. The molecule has 0 radical (unpaired) electrons. The molecule has 2 aliphatic rings. The van der Waals surface area contributed by atoms with Crippen molar-refractivity contribution in [2.24, 2.45) is 0 Å². The highest BCUT2D eigenvalue weighted by atomic mass is 19.1. The number of hydrogen-bond acceptors (Lipinski definition) is 5. The summed E-state index contributed by atoms with van der Waals surface area (Å²) in [5, 5.41) is 0. The van der Waals surface area contributed by atoms with Crippen LogP contribution in [0.2, 0.25) is 0 Å². The molecule has 0 saturated heterocycles. The van der Waals surface area contributed by atoms with Crippen molar-refractivity contribution in [3.05, 3.63) is 71.4 Å². The highest BCUT2D eigenvalue weighted by molar-refractivity contribution is 5.76. The number of halogens is 1. The molecule has 1 aliphatic heterocycles. The lowest BCUT2D eigenvalue weighted by molar-refractivity contribution is 0.00109. The number of hydrogen-bond donors (Lipinski definition) is 0. The van der Waals surface area contributed by atoms with Gasteiger partial charge in [-0.25, -0.2) is 9.18 Å². The molecule has 2 heterocycles. The molecule has 7 heteroatoms. The summed E-state index contributed by atoms with van der Waals surface area (Å²) in [6.07, 6.45) is 5.14. The fraction of sp³-hybridized carbons (Fsp3) is 0.273. The topological polar surface area (TPSA) is 64.8 Å². The second-order valence-electron chi connectivity index (χ2n) is 7.45. The number of benzene rings is 2. The fourth-order valence-corrected chi connectivity index (χ4v) is 4.13. The fourth-order valence-electron chi connectivity index (χ4n) is 4.13. The largest absolute Gasteiger partial charge is 0.417 e. The Morgan fingerprint density at radius 1 is 1.28 bits per heavy atom. The molecule has 6 nitrogen and oxygen atoms in total. The molecular weight excluding hydrogens is 375 g/mol. The van der Waals surface area contributed by atoms with E-state index in [4.69, 9.17) is 13.9 Å². The van der Waals surface area contributed by atoms with E-state index in [9.17, 15) is 9.18 Å². The lowest BCUT2D eigenvalue weighted by Gasteiger charge is -2.52. The molecule has 3 aromatic rings. The quantitative estimate of drug-likeness (QED) is 0.600. The second kappa shape index (κ2) is 6.62. The molecule has 1 fully saturated rings. The first-order valence-corrected chi connectivity index (χ1v) is 9.52. The number of amides is 1. The Morgan fingerprint density at radius 3 is 2.86 bits per heavy atom. The zero-order valence-corrected chi connectivity index (χ0v) is 15.9. The van der Waals surface area contributed by atoms with E-state index in [1.165, 1.54) is 12.5 Å². The van der Waals surface area contributed by atoms with Crippen molar-refractivity contribution < 1.29 is 23.1 Å². The molecule has 148 valence electrons. The minimum Gasteiger partial charge on any atom is -0.417 e. The molecule has 1 amide bonds. The van der Waals surface area contributed by atoms with Gasteiger partial charge >= 0.3 is 12.2 Å². The van der Waals surface area contributed by atoms with Crippen LogP contribution in [0.25, 0.3) is 0 Å². The van der Waals surface area contributed by atoms with E-state index in [0.717, 1.165) is 24.8 Å². The van der Waals surface area contributed by atoms with Gasteiger partial charge in [-0.2, -0.15) is 4.98 Å². The third kappa shape index (κ3) is 2.85. The summed E-state index contributed by atoms with van der Waals surface area (Å²) in [4.78, 5) is 18.5. The predicted octanol–water partition coefficient (Wildman–Crippen LogP) is 5.31. The van der Waals surface area contributed by atoms with Crippen LogP contribution in [0, 0.1) is 12.7 Å². The highest BCUT2D eigenvalue weighted by Crippen LogP contribution is 2.53. The van der Waals surface area contributed by atoms with Gasteiger partial charge < -0.3 is 13.9 Å². The monoisotopic (exact) mass is 394 g/mol. The molecular formula is C22H19FN2O4. The van der Waals surface area contributed by atoms with Crippen molar-refractivity contribution in [3.8, 4) is 17.6 Å². The highest BCUT2D eigenvalue weighted by Gasteiger charge is 2.51. The molecule has 1 saturated carbocycles. The van der Waals surface area contributed by atoms with Gasteiger partial charge in [0.2, 0.25) is 0 Å². The van der Waals surface area contributed by atoms with Crippen LogP contribution in [0.4, 0.5) is 9.18 Å². The molecule has 5 rings (SSSR count). The molecule has 1 spiro atoms. The molecule has 0 N–H and O–H groups in total. The lowest BCUT2D eigenvalue weighted by Crippen LogP contribution is -2.57. The Balaban J connectivity index is 1.49. The molecule has 0 unspecified atom stereocenters.